The summed E-state index contributed by atoms with van der Waals surface area (Å²) in [5, 5.41) is 6.83. The van der Waals surface area contributed by atoms with Crippen LogP contribution in [0.3, 0.4) is 0 Å². The number of hydrogen-bond donors (Lipinski definition) is 1. The first-order valence-corrected chi connectivity index (χ1v) is 0.645. The molecular formula is H4AlClO2. The van der Waals surface area contributed by atoms with Gasteiger partial charge in [0, 0.05) is 0 Å². The van der Waals surface area contributed by atoms with Gasteiger partial charge in [0.05, 0.1) is 11.9 Å². The van der Waals surface area contributed by atoms with Crippen LogP contribution in [-0.4, -0.2) is 22.6 Å². The Balaban J connectivity index is 0. The summed E-state index contributed by atoms with van der Waals surface area (Å²) in [6.07, 6.45) is 0. The summed E-state index contributed by atoms with van der Waals surface area (Å²) < 4.78 is 2.72. The molecule has 0 saturated carbocycles. The highest BCUT2D eigenvalue weighted by atomic mass is 35.5. The van der Waals surface area contributed by atoms with Gasteiger partial charge in [0.2, 0.25) is 0 Å². The van der Waals surface area contributed by atoms with E-state index in [9.17, 15) is 0 Å². The van der Waals surface area contributed by atoms with E-state index < -0.39 is 0 Å². The average Bonchev–Trinajstić information content (AvgIpc) is 0.918. The molecule has 0 rings (SSSR count). The monoisotopic (exact) mass is 98.0 g/mol. The minimum atomic E-state index is 0. The Morgan fingerprint density at radius 2 is 1.75 bits per heavy atom. The SMILES string of the molecule is OOCl.[AlH3]. The summed E-state index contributed by atoms with van der Waals surface area (Å²) in [5.74, 6) is 0. The van der Waals surface area contributed by atoms with Crippen molar-refractivity contribution in [2.45, 2.75) is 0 Å². The van der Waals surface area contributed by atoms with Crippen molar-refractivity contribution < 1.29 is 9.70 Å². The molecule has 2 nitrogen and oxygen atoms in total. The minimum Gasteiger partial charge on any atom is -0.233 e. The molecule has 0 aromatic carbocycles. The van der Waals surface area contributed by atoms with Gasteiger partial charge in [0.25, 0.3) is 0 Å². The Hall–Kier alpha value is 0.742. The van der Waals surface area contributed by atoms with Gasteiger partial charge >= 0.3 is 0 Å². The maximum Gasteiger partial charge on any atom is 0.187 e. The van der Waals surface area contributed by atoms with Gasteiger partial charge in [-0.1, -0.05) is 0 Å². The fourth-order valence-electron chi connectivity index (χ4n) is 0. The smallest absolute Gasteiger partial charge is 0.187 e. The maximum atomic E-state index is 6.83. The molecule has 0 saturated heterocycles. The lowest BCUT2D eigenvalue weighted by atomic mass is 15.0. The fraction of sp³-hybridized carbons (Fsp3) is 0. The summed E-state index contributed by atoms with van der Waals surface area (Å²) in [6, 6.07) is 0. The van der Waals surface area contributed by atoms with Gasteiger partial charge in [-0.25, -0.2) is 5.26 Å². The molecule has 0 radical (unpaired) electrons. The predicted octanol–water partition coefficient (Wildman–Crippen LogP) is -0.554. The zero-order chi connectivity index (χ0) is 2.71. The summed E-state index contributed by atoms with van der Waals surface area (Å²) in [4.78, 5) is 0. The molecule has 4 heavy (non-hydrogen) atoms. The first-order valence-electron chi connectivity index (χ1n) is 0.337. The Labute approximate surface area is 39.6 Å². The van der Waals surface area contributed by atoms with E-state index in [1.165, 1.54) is 0 Å². The third kappa shape index (κ3) is 15.1. The van der Waals surface area contributed by atoms with Crippen molar-refractivity contribution in [3.63, 3.8) is 0 Å². The third-order valence-electron chi connectivity index (χ3n) is 0. The van der Waals surface area contributed by atoms with Gasteiger partial charge in [0.15, 0.2) is 17.4 Å². The second kappa shape index (κ2) is 9.27. The lowest BCUT2D eigenvalue weighted by Crippen LogP contribution is -1.42. The van der Waals surface area contributed by atoms with Gasteiger partial charge in [-0.15, -0.1) is 4.44 Å². The first kappa shape index (κ1) is 8.83. The average molecular weight is 98.5 g/mol. The second-order valence-corrected chi connectivity index (χ2v) is 0.207. The van der Waals surface area contributed by atoms with Crippen LogP contribution in [0.4, 0.5) is 0 Å². The van der Waals surface area contributed by atoms with E-state index in [0.29, 0.717) is 0 Å². The highest BCUT2D eigenvalue weighted by molar-refractivity contribution is 6.06. The maximum absolute atomic E-state index is 6.83. The molecule has 0 amide bonds. The summed E-state index contributed by atoms with van der Waals surface area (Å²) in [7, 11) is 0. The van der Waals surface area contributed by atoms with Crippen molar-refractivity contribution in [2.24, 2.45) is 0 Å². The molecule has 0 heterocycles. The van der Waals surface area contributed by atoms with E-state index in [4.69, 9.17) is 5.26 Å². The van der Waals surface area contributed by atoms with Crippen molar-refractivity contribution in [3.05, 3.63) is 0 Å². The Morgan fingerprint density at radius 1 is 1.75 bits per heavy atom. The molecule has 0 unspecified atom stereocenters. The number of halogens is 1. The number of rotatable bonds is 0. The molecule has 0 fully saturated rings. The molecule has 0 aliphatic carbocycles. The first-order chi connectivity index (χ1) is 1.41. The van der Waals surface area contributed by atoms with Crippen molar-refractivity contribution in [3.8, 4) is 0 Å². The van der Waals surface area contributed by atoms with Gasteiger partial charge in [-0.2, -0.15) is 0 Å². The molecule has 0 spiro atoms. The van der Waals surface area contributed by atoms with Crippen LogP contribution in [0.1, 0.15) is 0 Å². The summed E-state index contributed by atoms with van der Waals surface area (Å²) in [5.41, 5.74) is 0. The van der Waals surface area contributed by atoms with Crippen molar-refractivity contribution in [1.82, 2.24) is 0 Å². The van der Waals surface area contributed by atoms with E-state index >= 15 is 0 Å². The van der Waals surface area contributed by atoms with Crippen LogP contribution in [0.15, 0.2) is 0 Å². The molecule has 0 aromatic heterocycles. The minimum absolute atomic E-state index is 0. The standard InChI is InChI=1S/Al.ClHO2.3H/c;1-3-2;;;/h;2H;;;. The molecule has 0 aromatic rings. The van der Waals surface area contributed by atoms with Crippen LogP contribution in [0.2, 0.25) is 0 Å². The molecule has 0 bridgehead atoms. The Kier molecular flexibility index (Phi) is 20.5. The van der Waals surface area contributed by atoms with Crippen LogP contribution in [0.5, 0.6) is 0 Å². The second-order valence-electron chi connectivity index (χ2n) is 0.0690. The predicted molar refractivity (Wildman–Crippen MR) is 19.5 cm³/mol. The van der Waals surface area contributed by atoms with Crippen LogP contribution in [0.25, 0.3) is 0 Å². The molecule has 0 atom stereocenters. The van der Waals surface area contributed by atoms with Gasteiger partial charge < -0.3 is 0 Å². The lowest BCUT2D eigenvalue weighted by Gasteiger charge is -1.52. The van der Waals surface area contributed by atoms with Crippen molar-refractivity contribution in [1.29, 1.82) is 0 Å². The highest BCUT2D eigenvalue weighted by Crippen LogP contribution is 1.58. The van der Waals surface area contributed by atoms with E-state index in [0.717, 1.165) is 0 Å². The van der Waals surface area contributed by atoms with Gasteiger partial charge in [0.1, 0.15) is 0 Å². The molecule has 0 aliphatic heterocycles. The normalized spacial score (nSPS) is 4.50. The Bertz CT molecular complexity index is 6.00. The van der Waals surface area contributed by atoms with Crippen molar-refractivity contribution >= 4 is 29.2 Å². The lowest BCUT2D eigenvalue weighted by molar-refractivity contribution is -0.130. The molecule has 1 N–H and O–H groups in total. The van der Waals surface area contributed by atoms with E-state index in [1.807, 2.05) is 0 Å². The summed E-state index contributed by atoms with van der Waals surface area (Å²) in [6.45, 7) is 0. The van der Waals surface area contributed by atoms with E-state index in [2.05, 4.69) is 16.3 Å². The van der Waals surface area contributed by atoms with Crippen molar-refractivity contribution in [2.75, 3.05) is 0 Å². The summed E-state index contributed by atoms with van der Waals surface area (Å²) >= 11 is 4.05. The zero-order valence-corrected chi connectivity index (χ0v) is 1.99. The van der Waals surface area contributed by atoms with Crippen LogP contribution < -0.4 is 0 Å². The largest absolute Gasteiger partial charge is 0.233 e. The van der Waals surface area contributed by atoms with Gasteiger partial charge in [-0.3, -0.25) is 0 Å². The molecular weight excluding hydrogens is 94.4 g/mol. The van der Waals surface area contributed by atoms with Crippen LogP contribution >= 0.6 is 11.9 Å². The quantitative estimate of drug-likeness (QED) is 0.250. The molecule has 0 aliphatic rings. The topological polar surface area (TPSA) is 29.5 Å². The Morgan fingerprint density at radius 3 is 1.75 bits per heavy atom. The molecule has 4 heteroatoms. The number of hydrogen-bond acceptors (Lipinski definition) is 2. The zero-order valence-electron chi connectivity index (χ0n) is 1.23. The van der Waals surface area contributed by atoms with Crippen LogP contribution in [-0.2, 0) is 4.44 Å². The fourth-order valence-corrected chi connectivity index (χ4v) is 0. The third-order valence-corrected chi connectivity index (χ3v) is 0. The highest BCUT2D eigenvalue weighted by Gasteiger charge is 1.33. The van der Waals surface area contributed by atoms with E-state index in [-0.39, 0.29) is 17.4 Å². The van der Waals surface area contributed by atoms with Gasteiger partial charge in [-0.05, 0) is 0 Å². The van der Waals surface area contributed by atoms with E-state index in [1.54, 1.807) is 0 Å². The molecule has 26 valence electrons. The van der Waals surface area contributed by atoms with Crippen LogP contribution in [0, 0.1) is 0 Å².